The summed E-state index contributed by atoms with van der Waals surface area (Å²) in [6, 6.07) is 6.27. The maximum Gasteiger partial charge on any atom is 0.264 e. The van der Waals surface area contributed by atoms with Crippen LogP contribution in [0, 0.1) is 0 Å². The van der Waals surface area contributed by atoms with E-state index in [1.165, 1.54) is 25.6 Å². The van der Waals surface area contributed by atoms with Crippen LogP contribution in [0.2, 0.25) is 5.02 Å². The van der Waals surface area contributed by atoms with Gasteiger partial charge in [-0.2, -0.15) is 0 Å². The quantitative estimate of drug-likeness (QED) is 0.840. The summed E-state index contributed by atoms with van der Waals surface area (Å²) in [5.74, 6) is 0.564. The van der Waals surface area contributed by atoms with Gasteiger partial charge < -0.3 is 19.7 Å². The minimum absolute atomic E-state index is 0.115. The van der Waals surface area contributed by atoms with Crippen LogP contribution in [-0.2, 0) is 4.79 Å². The zero-order valence-electron chi connectivity index (χ0n) is 14.5. The van der Waals surface area contributed by atoms with Gasteiger partial charge in [0.2, 0.25) is 5.91 Å². The summed E-state index contributed by atoms with van der Waals surface area (Å²) in [4.78, 5) is 27.6. The molecule has 138 valence electrons. The molecule has 1 aromatic carbocycles. The van der Waals surface area contributed by atoms with Gasteiger partial charge >= 0.3 is 0 Å². The van der Waals surface area contributed by atoms with Crippen LogP contribution in [0.5, 0.6) is 11.5 Å². The lowest BCUT2D eigenvalue weighted by Gasteiger charge is -2.24. The van der Waals surface area contributed by atoms with Crippen LogP contribution in [0.3, 0.4) is 0 Å². The van der Waals surface area contributed by atoms with Gasteiger partial charge in [0, 0.05) is 18.7 Å². The number of rotatable bonds is 5. The first-order valence-electron chi connectivity index (χ1n) is 8.12. The van der Waals surface area contributed by atoms with Crippen LogP contribution >= 0.6 is 22.9 Å². The van der Waals surface area contributed by atoms with Gasteiger partial charge in [-0.15, -0.1) is 11.3 Å². The summed E-state index contributed by atoms with van der Waals surface area (Å²) in [5.41, 5.74) is 0.421. The summed E-state index contributed by atoms with van der Waals surface area (Å²) >= 11 is 7.61. The first-order chi connectivity index (χ1) is 12.5. The Morgan fingerprint density at radius 1 is 1.27 bits per heavy atom. The number of benzene rings is 1. The topological polar surface area (TPSA) is 67.9 Å². The molecule has 2 heterocycles. The highest BCUT2D eigenvalue weighted by atomic mass is 35.5. The zero-order valence-corrected chi connectivity index (χ0v) is 16.0. The molecule has 0 bridgehead atoms. The molecule has 1 aromatic heterocycles. The number of anilines is 1. The fourth-order valence-electron chi connectivity index (χ4n) is 2.99. The third kappa shape index (κ3) is 3.64. The van der Waals surface area contributed by atoms with Crippen molar-refractivity contribution in [3.63, 3.8) is 0 Å². The molecular weight excluding hydrogens is 376 g/mol. The maximum atomic E-state index is 12.8. The van der Waals surface area contributed by atoms with E-state index < -0.39 is 6.04 Å². The average molecular weight is 395 g/mol. The Hall–Kier alpha value is -2.25. The molecule has 0 aliphatic carbocycles. The summed E-state index contributed by atoms with van der Waals surface area (Å²) in [6.45, 7) is 0.564. The average Bonchev–Trinajstić information content (AvgIpc) is 3.34. The minimum Gasteiger partial charge on any atom is -0.493 e. The predicted molar refractivity (Wildman–Crippen MR) is 102 cm³/mol. The highest BCUT2D eigenvalue weighted by molar-refractivity contribution is 7.12. The van der Waals surface area contributed by atoms with Crippen molar-refractivity contribution in [2.45, 2.75) is 18.9 Å². The summed E-state index contributed by atoms with van der Waals surface area (Å²) in [5, 5.41) is 5.00. The van der Waals surface area contributed by atoms with Gasteiger partial charge in [-0.3, -0.25) is 9.59 Å². The monoisotopic (exact) mass is 394 g/mol. The number of halogens is 1. The van der Waals surface area contributed by atoms with Crippen molar-refractivity contribution in [2.24, 2.45) is 0 Å². The van der Waals surface area contributed by atoms with Crippen molar-refractivity contribution in [2.75, 3.05) is 26.1 Å². The van der Waals surface area contributed by atoms with Crippen molar-refractivity contribution in [3.05, 3.63) is 39.5 Å². The lowest BCUT2D eigenvalue weighted by Crippen LogP contribution is -2.43. The Morgan fingerprint density at radius 3 is 2.65 bits per heavy atom. The Balaban J connectivity index is 1.78. The van der Waals surface area contributed by atoms with E-state index >= 15 is 0 Å². The van der Waals surface area contributed by atoms with Crippen molar-refractivity contribution in [1.82, 2.24) is 4.90 Å². The van der Waals surface area contributed by atoms with Gasteiger partial charge in [0.15, 0.2) is 11.5 Å². The van der Waals surface area contributed by atoms with E-state index in [2.05, 4.69) is 5.32 Å². The lowest BCUT2D eigenvalue weighted by molar-refractivity contribution is -0.119. The van der Waals surface area contributed by atoms with Crippen LogP contribution in [0.4, 0.5) is 5.69 Å². The van der Waals surface area contributed by atoms with E-state index in [0.29, 0.717) is 40.1 Å². The molecular formula is C18H19ClN2O4S. The van der Waals surface area contributed by atoms with E-state index in [0.717, 1.165) is 6.42 Å². The number of hydrogen-bond donors (Lipinski definition) is 1. The molecule has 0 spiro atoms. The third-order valence-electron chi connectivity index (χ3n) is 4.28. The summed E-state index contributed by atoms with van der Waals surface area (Å²) in [7, 11) is 3.02. The van der Waals surface area contributed by atoms with Gasteiger partial charge in [-0.05, 0) is 24.3 Å². The van der Waals surface area contributed by atoms with Gasteiger partial charge in [0.25, 0.3) is 5.91 Å². The molecule has 0 radical (unpaired) electrons. The number of ether oxygens (including phenoxy) is 2. The van der Waals surface area contributed by atoms with Crippen LogP contribution in [-0.4, -0.2) is 43.5 Å². The van der Waals surface area contributed by atoms with Crippen LogP contribution in [0.1, 0.15) is 22.5 Å². The second kappa shape index (κ2) is 7.97. The number of amides is 2. The fourth-order valence-corrected chi connectivity index (χ4v) is 3.87. The molecule has 1 aliphatic rings. The first-order valence-corrected chi connectivity index (χ1v) is 9.37. The normalized spacial score (nSPS) is 16.4. The minimum atomic E-state index is -0.520. The number of carbonyl (C=O) groups excluding carboxylic acids is 2. The number of nitrogens with one attached hydrogen (secondary N) is 1. The molecule has 1 saturated heterocycles. The Bertz CT molecular complexity index is 810. The number of methoxy groups -OCH3 is 2. The van der Waals surface area contributed by atoms with Crippen LogP contribution in [0.15, 0.2) is 29.6 Å². The first kappa shape index (κ1) is 18.5. The van der Waals surface area contributed by atoms with E-state index in [-0.39, 0.29) is 11.8 Å². The number of hydrogen-bond acceptors (Lipinski definition) is 5. The number of likely N-dealkylation sites (tertiary alicyclic amines) is 1. The van der Waals surface area contributed by atoms with E-state index in [4.69, 9.17) is 21.1 Å². The van der Waals surface area contributed by atoms with Gasteiger partial charge in [-0.1, -0.05) is 17.7 Å². The second-order valence-electron chi connectivity index (χ2n) is 5.81. The fraction of sp³-hybridized carbons (Fsp3) is 0.333. The highest BCUT2D eigenvalue weighted by Crippen LogP contribution is 2.36. The van der Waals surface area contributed by atoms with Crippen molar-refractivity contribution < 1.29 is 19.1 Å². The van der Waals surface area contributed by atoms with Crippen LogP contribution in [0.25, 0.3) is 0 Å². The smallest absolute Gasteiger partial charge is 0.264 e. The van der Waals surface area contributed by atoms with E-state index in [1.54, 1.807) is 23.1 Å². The highest BCUT2D eigenvalue weighted by Gasteiger charge is 2.35. The summed E-state index contributed by atoms with van der Waals surface area (Å²) in [6.07, 6.45) is 1.41. The van der Waals surface area contributed by atoms with Crippen molar-refractivity contribution >= 4 is 40.4 Å². The SMILES string of the molecule is COc1cc(Cl)c(NC(=O)C2CCCN2C(=O)c2cccs2)cc1OC. The van der Waals surface area contributed by atoms with Crippen molar-refractivity contribution in [3.8, 4) is 11.5 Å². The molecule has 2 aromatic rings. The van der Waals surface area contributed by atoms with E-state index in [1.807, 2.05) is 11.4 Å². The lowest BCUT2D eigenvalue weighted by atomic mass is 10.2. The van der Waals surface area contributed by atoms with E-state index in [9.17, 15) is 9.59 Å². The molecule has 1 atom stereocenters. The molecule has 6 nitrogen and oxygen atoms in total. The van der Waals surface area contributed by atoms with Gasteiger partial charge in [0.05, 0.1) is 29.8 Å². The largest absolute Gasteiger partial charge is 0.493 e. The maximum absolute atomic E-state index is 12.8. The Morgan fingerprint density at radius 2 is 2.00 bits per heavy atom. The van der Waals surface area contributed by atoms with Gasteiger partial charge in [0.1, 0.15) is 6.04 Å². The molecule has 1 unspecified atom stereocenters. The molecule has 1 N–H and O–H groups in total. The molecule has 0 saturated carbocycles. The number of thiophene rings is 1. The second-order valence-corrected chi connectivity index (χ2v) is 7.17. The molecule has 1 aliphatic heterocycles. The molecule has 1 fully saturated rings. The molecule has 3 rings (SSSR count). The molecule has 26 heavy (non-hydrogen) atoms. The molecule has 2 amide bonds. The van der Waals surface area contributed by atoms with Gasteiger partial charge in [-0.25, -0.2) is 0 Å². The third-order valence-corrected chi connectivity index (χ3v) is 5.45. The number of carbonyl (C=O) groups is 2. The Kier molecular flexibility index (Phi) is 5.68. The standard InChI is InChI=1S/C18H19ClN2O4S/c1-24-14-9-11(19)12(10-15(14)25-2)20-17(22)13-5-3-7-21(13)18(23)16-6-4-8-26-16/h4,6,8-10,13H,3,5,7H2,1-2H3,(H,20,22). The van der Waals surface area contributed by atoms with Crippen LogP contribution < -0.4 is 14.8 Å². The zero-order chi connectivity index (χ0) is 18.7. The molecule has 8 heteroatoms. The summed E-state index contributed by atoms with van der Waals surface area (Å²) < 4.78 is 10.4. The number of nitrogens with zero attached hydrogens (tertiary/aromatic N) is 1. The Labute approximate surface area is 160 Å². The predicted octanol–water partition coefficient (Wildman–Crippen LogP) is 3.66. The van der Waals surface area contributed by atoms with Crippen molar-refractivity contribution in [1.29, 1.82) is 0 Å².